The Morgan fingerprint density at radius 1 is 1.13 bits per heavy atom. The topological polar surface area (TPSA) is 42.2 Å². The van der Waals surface area contributed by atoms with Crippen LogP contribution in [0.25, 0.3) is 11.0 Å². The number of carbonyl (C=O) groups excluding carboxylic acids is 1. The predicted octanol–water partition coefficient (Wildman–Crippen LogP) is 4.03. The molecular formula is C19H16FNO2. The third-order valence-electron chi connectivity index (χ3n) is 4.55. The summed E-state index contributed by atoms with van der Waals surface area (Å²) in [5.41, 5.74) is 1.72. The van der Waals surface area contributed by atoms with Gasteiger partial charge in [-0.2, -0.15) is 0 Å². The molecule has 0 radical (unpaired) electrons. The van der Waals surface area contributed by atoms with Crippen LogP contribution < -0.4 is 5.32 Å². The van der Waals surface area contributed by atoms with Gasteiger partial charge in [0, 0.05) is 17.3 Å². The molecule has 0 atom stereocenters. The van der Waals surface area contributed by atoms with Crippen LogP contribution in [0.2, 0.25) is 0 Å². The van der Waals surface area contributed by atoms with Crippen molar-refractivity contribution >= 4 is 16.9 Å². The van der Waals surface area contributed by atoms with Gasteiger partial charge in [-0.15, -0.1) is 0 Å². The van der Waals surface area contributed by atoms with E-state index < -0.39 is 0 Å². The Labute approximate surface area is 133 Å². The minimum atomic E-state index is -0.240. The molecule has 2 aromatic carbocycles. The molecule has 3 nitrogen and oxygen atoms in total. The van der Waals surface area contributed by atoms with E-state index >= 15 is 0 Å². The maximum Gasteiger partial charge on any atom is 0.287 e. The van der Waals surface area contributed by atoms with Gasteiger partial charge in [-0.1, -0.05) is 30.3 Å². The first-order valence-corrected chi connectivity index (χ1v) is 7.69. The quantitative estimate of drug-likeness (QED) is 0.790. The second-order valence-corrected chi connectivity index (χ2v) is 6.12. The number of nitrogens with one attached hydrogen (secondary N) is 1. The van der Waals surface area contributed by atoms with E-state index in [1.54, 1.807) is 18.2 Å². The van der Waals surface area contributed by atoms with Gasteiger partial charge in [0.25, 0.3) is 5.91 Å². The zero-order chi connectivity index (χ0) is 15.9. The van der Waals surface area contributed by atoms with Crippen molar-refractivity contribution in [2.45, 2.75) is 18.3 Å². The molecule has 4 heteroatoms. The first-order valence-electron chi connectivity index (χ1n) is 7.69. The number of rotatable bonds is 4. The van der Waals surface area contributed by atoms with Crippen LogP contribution >= 0.6 is 0 Å². The second kappa shape index (κ2) is 5.23. The Morgan fingerprint density at radius 2 is 1.87 bits per heavy atom. The van der Waals surface area contributed by atoms with Crippen LogP contribution in [0, 0.1) is 5.82 Å². The Morgan fingerprint density at radius 3 is 2.57 bits per heavy atom. The van der Waals surface area contributed by atoms with Crippen LogP contribution in [-0.4, -0.2) is 12.5 Å². The first kappa shape index (κ1) is 14.0. The maximum atomic E-state index is 13.0. The summed E-state index contributed by atoms with van der Waals surface area (Å²) in [5, 5.41) is 3.86. The summed E-state index contributed by atoms with van der Waals surface area (Å²) in [6.07, 6.45) is 2.00. The molecule has 4 rings (SSSR count). The van der Waals surface area contributed by atoms with Crippen molar-refractivity contribution < 1.29 is 13.6 Å². The van der Waals surface area contributed by atoms with Crippen LogP contribution in [0.4, 0.5) is 4.39 Å². The van der Waals surface area contributed by atoms with Crippen LogP contribution in [-0.2, 0) is 5.41 Å². The molecule has 1 aliphatic rings. The largest absolute Gasteiger partial charge is 0.451 e. The molecule has 0 aliphatic heterocycles. The van der Waals surface area contributed by atoms with Crippen LogP contribution in [0.3, 0.4) is 0 Å². The van der Waals surface area contributed by atoms with Crippen molar-refractivity contribution in [3.05, 3.63) is 71.7 Å². The SMILES string of the molecule is O=C(NCC1(c2ccc(F)cc2)CC1)c1cc2ccccc2o1. The van der Waals surface area contributed by atoms with Crippen molar-refractivity contribution in [2.24, 2.45) is 0 Å². The van der Waals surface area contributed by atoms with Gasteiger partial charge in [-0.25, -0.2) is 4.39 Å². The molecule has 1 N–H and O–H groups in total. The molecule has 1 amide bonds. The van der Waals surface area contributed by atoms with E-state index in [1.807, 2.05) is 24.3 Å². The molecule has 0 bridgehead atoms. The summed E-state index contributed by atoms with van der Waals surface area (Å²) in [5.74, 6) is -0.133. The highest BCUT2D eigenvalue weighted by atomic mass is 19.1. The predicted molar refractivity (Wildman–Crippen MR) is 85.9 cm³/mol. The minimum absolute atomic E-state index is 0.0601. The maximum absolute atomic E-state index is 13.0. The fourth-order valence-corrected chi connectivity index (χ4v) is 2.95. The summed E-state index contributed by atoms with van der Waals surface area (Å²) in [6.45, 7) is 0.536. The van der Waals surface area contributed by atoms with E-state index in [2.05, 4.69) is 5.32 Å². The standard InChI is InChI=1S/C19H16FNO2/c20-15-7-5-14(6-8-15)19(9-10-19)12-21-18(22)17-11-13-3-1-2-4-16(13)23-17/h1-8,11H,9-10,12H2,(H,21,22). The zero-order valence-electron chi connectivity index (χ0n) is 12.5. The summed E-state index contributed by atoms with van der Waals surface area (Å²) in [7, 11) is 0. The minimum Gasteiger partial charge on any atom is -0.451 e. The van der Waals surface area contributed by atoms with Crippen molar-refractivity contribution in [2.75, 3.05) is 6.54 Å². The van der Waals surface area contributed by atoms with Crippen molar-refractivity contribution in [1.82, 2.24) is 5.32 Å². The lowest BCUT2D eigenvalue weighted by molar-refractivity contribution is 0.0924. The van der Waals surface area contributed by atoms with Crippen molar-refractivity contribution in [1.29, 1.82) is 0 Å². The highest BCUT2D eigenvalue weighted by molar-refractivity contribution is 5.96. The lowest BCUT2D eigenvalue weighted by atomic mass is 9.96. The summed E-state index contributed by atoms with van der Waals surface area (Å²) >= 11 is 0. The lowest BCUT2D eigenvalue weighted by Gasteiger charge is -2.16. The number of furan rings is 1. The smallest absolute Gasteiger partial charge is 0.287 e. The molecule has 1 aromatic heterocycles. The van der Waals surface area contributed by atoms with Gasteiger partial charge in [0.05, 0.1) is 0 Å². The number of hydrogen-bond acceptors (Lipinski definition) is 2. The molecule has 0 unspecified atom stereocenters. The third-order valence-corrected chi connectivity index (χ3v) is 4.55. The average Bonchev–Trinajstić information content (AvgIpc) is 3.23. The van der Waals surface area contributed by atoms with Gasteiger partial charge >= 0.3 is 0 Å². The van der Waals surface area contributed by atoms with Crippen LogP contribution in [0.1, 0.15) is 29.0 Å². The Kier molecular flexibility index (Phi) is 3.18. The van der Waals surface area contributed by atoms with Gasteiger partial charge in [-0.05, 0) is 42.7 Å². The van der Waals surface area contributed by atoms with E-state index in [4.69, 9.17) is 4.42 Å². The monoisotopic (exact) mass is 309 g/mol. The number of para-hydroxylation sites is 1. The number of benzene rings is 2. The third kappa shape index (κ3) is 2.61. The second-order valence-electron chi connectivity index (χ2n) is 6.12. The molecule has 0 spiro atoms. The van der Waals surface area contributed by atoms with E-state index in [-0.39, 0.29) is 17.1 Å². The molecule has 1 aliphatic carbocycles. The van der Waals surface area contributed by atoms with E-state index in [1.165, 1.54) is 12.1 Å². The summed E-state index contributed by atoms with van der Waals surface area (Å²) < 4.78 is 18.6. The number of fused-ring (bicyclic) bond motifs is 1. The van der Waals surface area contributed by atoms with Crippen molar-refractivity contribution in [3.63, 3.8) is 0 Å². The number of halogens is 1. The zero-order valence-corrected chi connectivity index (χ0v) is 12.5. The van der Waals surface area contributed by atoms with E-state index in [9.17, 15) is 9.18 Å². The summed E-state index contributed by atoms with van der Waals surface area (Å²) in [6, 6.07) is 15.8. The van der Waals surface area contributed by atoms with E-state index in [0.717, 1.165) is 23.8 Å². The molecule has 3 aromatic rings. The first-order chi connectivity index (χ1) is 11.2. The molecule has 0 saturated heterocycles. The number of hydrogen-bond donors (Lipinski definition) is 1. The molecular weight excluding hydrogens is 293 g/mol. The average molecular weight is 309 g/mol. The molecule has 1 fully saturated rings. The molecule has 116 valence electrons. The normalized spacial score (nSPS) is 15.5. The van der Waals surface area contributed by atoms with Gasteiger partial charge in [0.2, 0.25) is 0 Å². The Hall–Kier alpha value is -2.62. The number of amides is 1. The lowest BCUT2D eigenvalue weighted by Crippen LogP contribution is -2.32. The van der Waals surface area contributed by atoms with Crippen LogP contribution in [0.5, 0.6) is 0 Å². The summed E-state index contributed by atoms with van der Waals surface area (Å²) in [4.78, 5) is 12.3. The fraction of sp³-hybridized carbons (Fsp3) is 0.211. The van der Waals surface area contributed by atoms with Gasteiger partial charge < -0.3 is 9.73 Å². The number of carbonyl (C=O) groups is 1. The Bertz CT molecular complexity index is 829. The van der Waals surface area contributed by atoms with Crippen LogP contribution in [0.15, 0.2) is 59.0 Å². The molecule has 23 heavy (non-hydrogen) atoms. The van der Waals surface area contributed by atoms with Gasteiger partial charge in [0.15, 0.2) is 5.76 Å². The molecule has 1 heterocycles. The highest BCUT2D eigenvalue weighted by Gasteiger charge is 2.44. The molecule has 1 saturated carbocycles. The Balaban J connectivity index is 1.48. The van der Waals surface area contributed by atoms with E-state index in [0.29, 0.717) is 17.9 Å². The van der Waals surface area contributed by atoms with Gasteiger partial charge in [0.1, 0.15) is 11.4 Å². The van der Waals surface area contributed by atoms with Gasteiger partial charge in [-0.3, -0.25) is 4.79 Å². The highest BCUT2D eigenvalue weighted by Crippen LogP contribution is 2.47. The van der Waals surface area contributed by atoms with Crippen molar-refractivity contribution in [3.8, 4) is 0 Å². The fourth-order valence-electron chi connectivity index (χ4n) is 2.95.